The van der Waals surface area contributed by atoms with Gasteiger partial charge >= 0.3 is 5.97 Å². The van der Waals surface area contributed by atoms with Crippen molar-refractivity contribution in [3.63, 3.8) is 0 Å². The molecule has 0 bridgehead atoms. The lowest BCUT2D eigenvalue weighted by molar-refractivity contribution is 0.0733. The molecule has 158 valence electrons. The molecule has 0 aliphatic carbocycles. The van der Waals surface area contributed by atoms with E-state index in [-0.39, 0.29) is 5.91 Å². The van der Waals surface area contributed by atoms with Gasteiger partial charge in [0.15, 0.2) is 0 Å². The number of hydrazone groups is 1. The fraction of sp³-hybridized carbons (Fsp3) is 0.0385. The number of hydrogen-bond donors (Lipinski definition) is 1. The average molecular weight is 423 g/mol. The number of amides is 1. The summed E-state index contributed by atoms with van der Waals surface area (Å²) in [6.45, 7) is 1.86. The molecular formula is C26H21N3O3. The summed E-state index contributed by atoms with van der Waals surface area (Å²) in [7, 11) is 0. The zero-order chi connectivity index (χ0) is 22.3. The summed E-state index contributed by atoms with van der Waals surface area (Å²) >= 11 is 0. The van der Waals surface area contributed by atoms with Crippen molar-refractivity contribution in [1.29, 1.82) is 0 Å². The van der Waals surface area contributed by atoms with Crippen molar-refractivity contribution in [2.24, 2.45) is 5.10 Å². The van der Waals surface area contributed by atoms with Crippen molar-refractivity contribution in [3.8, 4) is 11.4 Å². The van der Waals surface area contributed by atoms with Crippen LogP contribution in [0.1, 0.15) is 31.8 Å². The Balaban J connectivity index is 1.37. The van der Waals surface area contributed by atoms with Gasteiger partial charge in [0.1, 0.15) is 5.75 Å². The highest BCUT2D eigenvalue weighted by molar-refractivity contribution is 5.95. The van der Waals surface area contributed by atoms with Gasteiger partial charge in [-0.3, -0.25) is 4.79 Å². The number of nitrogens with zero attached hydrogens (tertiary/aromatic N) is 2. The molecule has 4 aromatic rings. The Hall–Kier alpha value is -4.45. The molecule has 0 spiro atoms. The quantitative estimate of drug-likeness (QED) is 0.210. The maximum absolute atomic E-state index is 12.4. The Morgan fingerprint density at radius 1 is 0.906 bits per heavy atom. The first-order valence-corrected chi connectivity index (χ1v) is 10.0. The van der Waals surface area contributed by atoms with Crippen LogP contribution >= 0.6 is 0 Å². The predicted octanol–water partition coefficient (Wildman–Crippen LogP) is 4.77. The van der Waals surface area contributed by atoms with Crippen LogP contribution < -0.4 is 10.2 Å². The highest BCUT2D eigenvalue weighted by Crippen LogP contribution is 2.16. The van der Waals surface area contributed by atoms with Gasteiger partial charge in [-0.05, 0) is 72.6 Å². The topological polar surface area (TPSA) is 72.7 Å². The zero-order valence-corrected chi connectivity index (χ0v) is 17.4. The molecule has 32 heavy (non-hydrogen) atoms. The molecule has 4 rings (SSSR count). The summed E-state index contributed by atoms with van der Waals surface area (Å²) in [5.41, 5.74) is 6.02. The summed E-state index contributed by atoms with van der Waals surface area (Å²) in [5.74, 6) is -0.342. The average Bonchev–Trinajstić information content (AvgIpc) is 3.35. The molecule has 3 aromatic carbocycles. The van der Waals surface area contributed by atoms with Crippen LogP contribution in [0.2, 0.25) is 0 Å². The molecule has 1 aromatic heterocycles. The second-order valence-corrected chi connectivity index (χ2v) is 7.11. The van der Waals surface area contributed by atoms with Gasteiger partial charge in [0.05, 0.1) is 11.8 Å². The highest BCUT2D eigenvalue weighted by atomic mass is 16.5. The second kappa shape index (κ2) is 9.57. The van der Waals surface area contributed by atoms with Crippen molar-refractivity contribution >= 4 is 18.1 Å². The minimum Gasteiger partial charge on any atom is -0.423 e. The first-order chi connectivity index (χ1) is 15.6. The van der Waals surface area contributed by atoms with E-state index < -0.39 is 5.97 Å². The van der Waals surface area contributed by atoms with Crippen molar-refractivity contribution < 1.29 is 14.3 Å². The van der Waals surface area contributed by atoms with Crippen LogP contribution in [-0.2, 0) is 0 Å². The number of nitrogens with one attached hydrogen (secondary N) is 1. The van der Waals surface area contributed by atoms with E-state index in [1.807, 2.05) is 60.3 Å². The van der Waals surface area contributed by atoms with Gasteiger partial charge in [-0.1, -0.05) is 30.3 Å². The monoisotopic (exact) mass is 423 g/mol. The van der Waals surface area contributed by atoms with Gasteiger partial charge in [0, 0.05) is 23.6 Å². The predicted molar refractivity (Wildman–Crippen MR) is 123 cm³/mol. The van der Waals surface area contributed by atoms with Crippen LogP contribution in [0.15, 0.2) is 102 Å². The molecule has 6 heteroatoms. The van der Waals surface area contributed by atoms with Crippen LogP contribution in [0, 0.1) is 6.92 Å². The maximum Gasteiger partial charge on any atom is 0.343 e. The Kier molecular flexibility index (Phi) is 6.22. The number of carbonyl (C=O) groups is 2. The fourth-order valence-electron chi connectivity index (χ4n) is 3.14. The van der Waals surface area contributed by atoms with Crippen molar-refractivity contribution in [2.45, 2.75) is 6.92 Å². The first kappa shape index (κ1) is 20.8. The lowest BCUT2D eigenvalue weighted by Crippen LogP contribution is -2.17. The smallest absolute Gasteiger partial charge is 0.343 e. The van der Waals surface area contributed by atoms with E-state index in [4.69, 9.17) is 4.74 Å². The first-order valence-electron chi connectivity index (χ1n) is 10.0. The minimum atomic E-state index is -0.422. The number of carbonyl (C=O) groups excluding carboxylic acids is 2. The Morgan fingerprint density at radius 2 is 1.66 bits per heavy atom. The zero-order valence-electron chi connectivity index (χ0n) is 17.4. The van der Waals surface area contributed by atoms with E-state index in [0.717, 1.165) is 11.3 Å². The lowest BCUT2D eigenvalue weighted by Gasteiger charge is -2.07. The Morgan fingerprint density at radius 3 is 2.41 bits per heavy atom. The van der Waals surface area contributed by atoms with Crippen molar-refractivity contribution in [2.75, 3.05) is 0 Å². The molecule has 0 fully saturated rings. The normalized spacial score (nSPS) is 10.8. The maximum atomic E-state index is 12.4. The summed E-state index contributed by atoms with van der Waals surface area (Å²) in [5, 5.41) is 4.01. The third-order valence-corrected chi connectivity index (χ3v) is 4.85. The van der Waals surface area contributed by atoms with Gasteiger partial charge in [-0.2, -0.15) is 5.10 Å². The molecule has 0 saturated heterocycles. The lowest BCUT2D eigenvalue weighted by atomic mass is 10.1. The largest absolute Gasteiger partial charge is 0.423 e. The van der Waals surface area contributed by atoms with Crippen LogP contribution in [0.25, 0.3) is 5.69 Å². The van der Waals surface area contributed by atoms with E-state index in [0.29, 0.717) is 22.4 Å². The van der Waals surface area contributed by atoms with Gasteiger partial charge < -0.3 is 9.30 Å². The number of ether oxygens (including phenoxy) is 1. The van der Waals surface area contributed by atoms with Crippen LogP contribution in [0.5, 0.6) is 5.75 Å². The highest BCUT2D eigenvalue weighted by Gasteiger charge is 2.11. The van der Waals surface area contributed by atoms with Gasteiger partial charge in [-0.15, -0.1) is 0 Å². The number of esters is 1. The van der Waals surface area contributed by atoms with Crippen LogP contribution in [0.4, 0.5) is 0 Å². The Bertz CT molecular complexity index is 1260. The molecule has 6 nitrogen and oxygen atoms in total. The third kappa shape index (κ3) is 4.99. The molecule has 0 aliphatic heterocycles. The van der Waals surface area contributed by atoms with Crippen molar-refractivity contribution in [1.82, 2.24) is 9.99 Å². The SMILES string of the molecule is Cc1ccccc1C(=O)Oc1cccc(/C=N/NC(=O)c2ccc(-n3cccc3)cc2)c1. The standard InChI is InChI=1S/C26H21N3O3/c1-19-7-2-3-10-24(19)26(31)32-23-9-6-8-20(17-23)18-27-28-25(30)21-11-13-22(14-12-21)29-15-4-5-16-29/h2-18H,1H3,(H,28,30)/b27-18+. The van der Waals surface area contributed by atoms with Gasteiger partial charge in [0.2, 0.25) is 0 Å². The molecule has 0 aliphatic rings. The number of hydrogen-bond acceptors (Lipinski definition) is 4. The second-order valence-electron chi connectivity index (χ2n) is 7.11. The van der Waals surface area contributed by atoms with Crippen LogP contribution in [-0.4, -0.2) is 22.7 Å². The van der Waals surface area contributed by atoms with Gasteiger partial charge in [-0.25, -0.2) is 10.2 Å². The van der Waals surface area contributed by atoms with Crippen LogP contribution in [0.3, 0.4) is 0 Å². The van der Waals surface area contributed by atoms with E-state index in [9.17, 15) is 9.59 Å². The summed E-state index contributed by atoms with van der Waals surface area (Å²) in [4.78, 5) is 24.7. The van der Waals surface area contributed by atoms with Gasteiger partial charge in [0.25, 0.3) is 5.91 Å². The molecule has 0 unspecified atom stereocenters. The van der Waals surface area contributed by atoms with E-state index in [2.05, 4.69) is 10.5 Å². The molecule has 0 saturated carbocycles. The van der Waals surface area contributed by atoms with E-state index in [1.54, 1.807) is 48.5 Å². The Labute approximate surface area is 185 Å². The fourth-order valence-corrected chi connectivity index (χ4v) is 3.14. The molecule has 1 amide bonds. The van der Waals surface area contributed by atoms with E-state index >= 15 is 0 Å². The summed E-state index contributed by atoms with van der Waals surface area (Å²) < 4.78 is 7.43. The minimum absolute atomic E-state index is 0.317. The number of aryl methyl sites for hydroxylation is 1. The van der Waals surface area contributed by atoms with E-state index in [1.165, 1.54) is 6.21 Å². The molecule has 0 atom stereocenters. The number of aromatic nitrogens is 1. The summed E-state index contributed by atoms with van der Waals surface area (Å²) in [6, 6.07) is 25.3. The molecule has 0 radical (unpaired) electrons. The third-order valence-electron chi connectivity index (χ3n) is 4.85. The number of rotatable bonds is 6. The van der Waals surface area contributed by atoms with Crippen molar-refractivity contribution in [3.05, 3.63) is 120 Å². The summed E-state index contributed by atoms with van der Waals surface area (Å²) in [6.07, 6.45) is 5.37. The number of benzene rings is 3. The molecule has 1 N–H and O–H groups in total. The molecular weight excluding hydrogens is 402 g/mol. The molecule has 1 heterocycles.